The second kappa shape index (κ2) is 23.4. The Morgan fingerprint density at radius 2 is 0.970 bits per heavy atom. The van der Waals surface area contributed by atoms with Crippen LogP contribution < -0.4 is 39.5 Å². The SMILES string of the molecule is C.C.C.Nc1ccc(Br)cn1.O=C(Cl)C1(c2ccc3c(c2)OCO3)CC1.O=C(Nc1ccc(Br)cn1)C1(c2ccc3c(c2)OCO3)CC1.O=C(O)C1(c2ccc3c(c2)OCO3)CC1.O=S(Cl)Cl. The first kappa shape index (κ1) is 54.8. The van der Waals surface area contributed by atoms with Gasteiger partial charge in [0, 0.05) is 42.7 Å². The normalized spacial score (nSPS) is 16.2. The van der Waals surface area contributed by atoms with Crippen molar-refractivity contribution in [2.45, 2.75) is 77.0 Å². The highest BCUT2D eigenvalue weighted by Crippen LogP contribution is 2.53. The van der Waals surface area contributed by atoms with Gasteiger partial charge in [0.1, 0.15) is 11.6 Å². The summed E-state index contributed by atoms with van der Waals surface area (Å²) < 4.78 is 42.5. The van der Waals surface area contributed by atoms with Gasteiger partial charge in [-0.15, -0.1) is 0 Å². The lowest BCUT2D eigenvalue weighted by Crippen LogP contribution is -2.28. The average Bonchev–Trinajstić information content (AvgIpc) is 4.24. The minimum Gasteiger partial charge on any atom is -0.481 e. The van der Waals surface area contributed by atoms with E-state index in [9.17, 15) is 14.4 Å². The smallest absolute Gasteiger partial charge is 0.314 e. The number of hydrogen-bond acceptors (Lipinski definition) is 13. The van der Waals surface area contributed by atoms with E-state index in [1.54, 1.807) is 36.7 Å². The highest BCUT2D eigenvalue weighted by molar-refractivity contribution is 9.10. The molecule has 4 N–H and O–H groups in total. The number of halogens is 5. The van der Waals surface area contributed by atoms with Crippen LogP contribution in [0.2, 0.25) is 0 Å². The van der Waals surface area contributed by atoms with Gasteiger partial charge in [0.2, 0.25) is 40.8 Å². The number of carbonyl (C=O) groups is 3. The number of aromatic nitrogens is 2. The van der Waals surface area contributed by atoms with Crippen molar-refractivity contribution in [2.24, 2.45) is 0 Å². The van der Waals surface area contributed by atoms with E-state index in [4.69, 9.17) is 55.1 Å². The van der Waals surface area contributed by atoms with Crippen molar-refractivity contribution in [2.75, 3.05) is 31.4 Å². The minimum atomic E-state index is -1.67. The van der Waals surface area contributed by atoms with E-state index >= 15 is 0 Å². The number of carboxylic acid groups (broad SMARTS) is 1. The van der Waals surface area contributed by atoms with E-state index in [0.717, 1.165) is 62.8 Å². The quantitative estimate of drug-likeness (QED) is 0.130. The number of hydrogen-bond donors (Lipinski definition) is 3. The number of ether oxygens (including phenoxy) is 6. The van der Waals surface area contributed by atoms with Crippen molar-refractivity contribution in [1.29, 1.82) is 0 Å². The van der Waals surface area contributed by atoms with Gasteiger partial charge in [-0.3, -0.25) is 14.4 Å². The predicted molar refractivity (Wildman–Crippen MR) is 266 cm³/mol. The second-order valence-electron chi connectivity index (χ2n) is 14.9. The number of nitrogens with two attached hydrogens (primary N) is 1. The molecule has 67 heavy (non-hydrogen) atoms. The number of nitrogens with one attached hydrogen (secondary N) is 1. The summed E-state index contributed by atoms with van der Waals surface area (Å²) in [5.74, 6) is 4.55. The van der Waals surface area contributed by atoms with Crippen molar-refractivity contribution < 1.29 is 52.1 Å². The minimum absolute atomic E-state index is 0. The summed E-state index contributed by atoms with van der Waals surface area (Å²) in [6.07, 6.45) is 8.06. The highest BCUT2D eigenvalue weighted by atomic mass is 79.9. The van der Waals surface area contributed by atoms with E-state index in [1.807, 2.05) is 54.6 Å². The molecule has 3 saturated carbocycles. The molecule has 0 bridgehead atoms. The largest absolute Gasteiger partial charge is 0.481 e. The molecule has 3 aliphatic heterocycles. The number of nitrogens with zero attached hydrogens (tertiary/aromatic N) is 2. The van der Waals surface area contributed by atoms with Crippen LogP contribution in [0.5, 0.6) is 34.5 Å². The summed E-state index contributed by atoms with van der Waals surface area (Å²) in [5.41, 5.74) is 6.42. The molecule has 5 aromatic rings. The molecule has 1 amide bonds. The number of rotatable bonds is 7. The molecule has 0 unspecified atom stereocenters. The molecule has 0 radical (unpaired) electrons. The molecule has 6 aliphatic rings. The van der Waals surface area contributed by atoms with Crippen LogP contribution in [0.25, 0.3) is 0 Å². The fraction of sp³-hybridized carbons (Fsp3) is 0.326. The van der Waals surface area contributed by atoms with Gasteiger partial charge in [-0.2, -0.15) is 0 Å². The lowest BCUT2D eigenvalue weighted by atomic mass is 9.94. The number of benzene rings is 3. The zero-order valence-corrected chi connectivity index (χ0v) is 39.6. The van der Waals surface area contributed by atoms with E-state index in [0.29, 0.717) is 47.5 Å². The molecule has 3 aliphatic carbocycles. The number of nitrogen functional groups attached to an aromatic ring is 1. The van der Waals surface area contributed by atoms with Crippen LogP contribution >= 0.6 is 64.8 Å². The van der Waals surface area contributed by atoms with Crippen LogP contribution in [0.4, 0.5) is 11.6 Å². The first-order valence-corrected chi connectivity index (χ1v) is 24.1. The Bertz CT molecular complexity index is 2460. The Labute approximate surface area is 422 Å². The standard InChI is InChI=1S/C16H13BrN2O3.C11H9ClO3.C11H10O4.C5H5BrN2.3CH4.Cl2OS/c17-11-2-4-14(18-8-11)19-15(20)16(5-6-16)10-1-3-12-13(7-10)22-9-21-12;2*12-10(13)11(3-4-11)7-1-2-8-9(5-7)15-6-14-8;6-4-1-2-5(7)8-3-4;;;;1-4(2)3/h1-4,7-8H,5-6,9H2,(H,18,19,20);1-2,5H,3-4,6H2;1-2,5H,3-4,6H2,(H,12,13);1-3H,(H2,7,8);3*1H4;. The molecule has 0 saturated heterocycles. The lowest BCUT2D eigenvalue weighted by molar-refractivity contribution is -0.140. The van der Waals surface area contributed by atoms with Crippen molar-refractivity contribution >= 4 is 103 Å². The molecule has 3 fully saturated rings. The fourth-order valence-corrected chi connectivity index (χ4v) is 7.67. The summed E-state index contributed by atoms with van der Waals surface area (Å²) in [4.78, 5) is 43.1. The van der Waals surface area contributed by atoms with Gasteiger partial charge >= 0.3 is 5.97 Å². The molecule has 3 aromatic carbocycles. The highest BCUT2D eigenvalue weighted by Gasteiger charge is 2.53. The number of anilines is 2. The Morgan fingerprint density at radius 3 is 1.30 bits per heavy atom. The van der Waals surface area contributed by atoms with Gasteiger partial charge < -0.3 is 44.6 Å². The van der Waals surface area contributed by atoms with Crippen molar-refractivity contribution in [3.8, 4) is 34.5 Å². The van der Waals surface area contributed by atoms with Crippen LogP contribution in [0.3, 0.4) is 0 Å². The third kappa shape index (κ3) is 13.2. The number of aliphatic carboxylic acids is 1. The average molecular weight is 1130 g/mol. The lowest BCUT2D eigenvalue weighted by Gasteiger charge is -2.16. The first-order valence-electron chi connectivity index (χ1n) is 19.3. The molecule has 0 atom stereocenters. The summed E-state index contributed by atoms with van der Waals surface area (Å²) in [7, 11) is 7.36. The molecule has 0 spiro atoms. The summed E-state index contributed by atoms with van der Waals surface area (Å²) in [6, 6.07) is 23.9. The molecular formula is C46H49Br2Cl3N4O11S. The number of amides is 1. The fourth-order valence-electron chi connectivity index (χ4n) is 6.90. The Kier molecular flexibility index (Phi) is 19.2. The van der Waals surface area contributed by atoms with Crippen LogP contribution in [0.1, 0.15) is 77.5 Å². The van der Waals surface area contributed by atoms with Crippen molar-refractivity contribution in [3.63, 3.8) is 0 Å². The van der Waals surface area contributed by atoms with Crippen LogP contribution in [0, 0.1) is 0 Å². The van der Waals surface area contributed by atoms with Crippen LogP contribution in [-0.4, -0.2) is 56.8 Å². The molecular weight excluding hydrogens is 1080 g/mol. The van der Waals surface area contributed by atoms with Gasteiger partial charge in [-0.1, -0.05) is 40.5 Å². The third-order valence-electron chi connectivity index (χ3n) is 11.0. The maximum atomic E-state index is 12.6. The van der Waals surface area contributed by atoms with Crippen molar-refractivity contribution in [3.05, 3.63) is 117 Å². The monoisotopic (exact) mass is 1130 g/mol. The number of fused-ring (bicyclic) bond motifs is 3. The molecule has 11 rings (SSSR count). The Morgan fingerprint density at radius 1 is 0.597 bits per heavy atom. The summed E-state index contributed by atoms with van der Waals surface area (Å²) in [6.45, 7) is 0.709. The van der Waals surface area contributed by atoms with Gasteiger partial charge in [0.25, 0.3) is 0 Å². The van der Waals surface area contributed by atoms with Crippen molar-refractivity contribution in [1.82, 2.24) is 9.97 Å². The Hall–Kier alpha value is -4.85. The first-order chi connectivity index (χ1) is 30.6. The van der Waals surface area contributed by atoms with E-state index in [-0.39, 0.29) is 53.8 Å². The van der Waals surface area contributed by atoms with E-state index in [1.165, 1.54) is 0 Å². The number of carboxylic acids is 1. The topological polar surface area (TPSA) is 208 Å². The van der Waals surface area contributed by atoms with Gasteiger partial charge in [-0.05, 0) is 159 Å². The Balaban J connectivity index is 0.000000195. The number of carbonyl (C=O) groups excluding carboxylic acids is 2. The zero-order chi connectivity index (χ0) is 45.6. The second-order valence-corrected chi connectivity index (χ2v) is 19.6. The predicted octanol–water partition coefficient (Wildman–Crippen LogP) is 11.4. The molecule has 5 heterocycles. The maximum absolute atomic E-state index is 12.6. The van der Waals surface area contributed by atoms with Crippen LogP contribution in [-0.2, 0) is 39.9 Å². The zero-order valence-electron chi connectivity index (χ0n) is 33.3. The van der Waals surface area contributed by atoms with E-state index < -0.39 is 31.4 Å². The number of pyridine rings is 2. The molecule has 15 nitrogen and oxygen atoms in total. The van der Waals surface area contributed by atoms with Crippen LogP contribution in [0.15, 0.2) is 100 Å². The third-order valence-corrected chi connectivity index (χ3v) is 12.3. The molecule has 21 heteroatoms. The maximum Gasteiger partial charge on any atom is 0.314 e. The van der Waals surface area contributed by atoms with E-state index in [2.05, 4.69) is 68.5 Å². The summed E-state index contributed by atoms with van der Waals surface area (Å²) >= 11 is 12.2. The molecule has 360 valence electrons. The van der Waals surface area contributed by atoms with Gasteiger partial charge in [0.05, 0.1) is 16.2 Å². The van der Waals surface area contributed by atoms with Gasteiger partial charge in [-0.25, -0.2) is 14.2 Å². The summed E-state index contributed by atoms with van der Waals surface area (Å²) in [5, 5.41) is 11.8. The molecule has 2 aromatic heterocycles. The van der Waals surface area contributed by atoms with Gasteiger partial charge in [0.15, 0.2) is 34.5 Å².